The highest BCUT2D eigenvalue weighted by atomic mass is 15.2. The van der Waals surface area contributed by atoms with E-state index >= 15 is 0 Å². The summed E-state index contributed by atoms with van der Waals surface area (Å²) in [7, 11) is 0. The first-order chi connectivity index (χ1) is 8.98. The molecule has 0 aromatic carbocycles. The molecule has 0 aromatic rings. The van der Waals surface area contributed by atoms with Crippen LogP contribution in [0.4, 0.5) is 0 Å². The van der Waals surface area contributed by atoms with Crippen molar-refractivity contribution in [2.45, 2.75) is 78.3 Å². The van der Waals surface area contributed by atoms with Crippen molar-refractivity contribution in [3.63, 3.8) is 0 Å². The van der Waals surface area contributed by atoms with Crippen LogP contribution in [0.25, 0.3) is 0 Å². The number of hydrogen-bond acceptors (Lipinski definition) is 2. The fourth-order valence-electron chi connectivity index (χ4n) is 4.10. The molecule has 0 radical (unpaired) electrons. The second-order valence-electron chi connectivity index (χ2n) is 7.92. The minimum Gasteiger partial charge on any atom is -0.316 e. The van der Waals surface area contributed by atoms with E-state index in [-0.39, 0.29) is 0 Å². The molecule has 0 bridgehead atoms. The summed E-state index contributed by atoms with van der Waals surface area (Å²) in [5, 5.41) is 3.57. The molecule has 19 heavy (non-hydrogen) atoms. The highest BCUT2D eigenvalue weighted by Gasteiger charge is 2.33. The van der Waals surface area contributed by atoms with Crippen LogP contribution in [0.5, 0.6) is 0 Å². The van der Waals surface area contributed by atoms with Gasteiger partial charge in [-0.1, -0.05) is 20.3 Å². The fourth-order valence-corrected chi connectivity index (χ4v) is 4.10. The Kier molecular flexibility index (Phi) is 5.30. The van der Waals surface area contributed by atoms with Crippen LogP contribution in [0.2, 0.25) is 0 Å². The van der Waals surface area contributed by atoms with Crippen molar-refractivity contribution in [2.75, 3.05) is 19.6 Å². The lowest BCUT2D eigenvalue weighted by Gasteiger charge is -2.44. The first-order valence-corrected chi connectivity index (χ1v) is 8.44. The molecule has 1 N–H and O–H groups in total. The summed E-state index contributed by atoms with van der Waals surface area (Å²) >= 11 is 0. The van der Waals surface area contributed by atoms with E-state index < -0.39 is 0 Å². The molecule has 2 aliphatic rings. The van der Waals surface area contributed by atoms with E-state index in [2.05, 4.69) is 37.9 Å². The van der Waals surface area contributed by atoms with Crippen molar-refractivity contribution in [1.29, 1.82) is 0 Å². The lowest BCUT2D eigenvalue weighted by molar-refractivity contribution is 0.0543. The Hall–Kier alpha value is -0.0800. The topological polar surface area (TPSA) is 15.3 Å². The van der Waals surface area contributed by atoms with Gasteiger partial charge in [0.15, 0.2) is 0 Å². The Morgan fingerprint density at radius 2 is 2.00 bits per heavy atom. The molecule has 2 heteroatoms. The maximum atomic E-state index is 3.57. The molecule has 0 amide bonds. The molecule has 2 nitrogen and oxygen atoms in total. The van der Waals surface area contributed by atoms with Crippen LogP contribution in [-0.4, -0.2) is 36.6 Å². The third kappa shape index (κ3) is 4.46. The van der Waals surface area contributed by atoms with Gasteiger partial charge in [-0.25, -0.2) is 0 Å². The summed E-state index contributed by atoms with van der Waals surface area (Å²) in [4.78, 5) is 2.82. The van der Waals surface area contributed by atoms with Crippen molar-refractivity contribution in [2.24, 2.45) is 11.3 Å². The van der Waals surface area contributed by atoms with Gasteiger partial charge < -0.3 is 5.32 Å². The quantitative estimate of drug-likeness (QED) is 0.835. The van der Waals surface area contributed by atoms with Crippen molar-refractivity contribution in [3.8, 4) is 0 Å². The molecule has 0 spiro atoms. The number of rotatable bonds is 4. The zero-order valence-electron chi connectivity index (χ0n) is 13.5. The summed E-state index contributed by atoms with van der Waals surface area (Å²) in [6.45, 7) is 13.5. The zero-order valence-corrected chi connectivity index (χ0v) is 13.5. The largest absolute Gasteiger partial charge is 0.316 e. The molecule has 1 saturated carbocycles. The van der Waals surface area contributed by atoms with E-state index in [4.69, 9.17) is 0 Å². The lowest BCUT2D eigenvalue weighted by atomic mass is 9.74. The van der Waals surface area contributed by atoms with Crippen LogP contribution in [0, 0.1) is 11.3 Å². The monoisotopic (exact) mass is 266 g/mol. The van der Waals surface area contributed by atoms with Crippen LogP contribution in [0.1, 0.15) is 66.2 Å². The highest BCUT2D eigenvalue weighted by molar-refractivity contribution is 4.88. The third-order valence-corrected chi connectivity index (χ3v) is 5.18. The number of piperidine rings is 1. The average molecular weight is 266 g/mol. The predicted octanol–water partition coefficient (Wildman–Crippen LogP) is 3.67. The van der Waals surface area contributed by atoms with Crippen molar-refractivity contribution < 1.29 is 0 Å². The Morgan fingerprint density at radius 1 is 1.21 bits per heavy atom. The Balaban J connectivity index is 1.94. The van der Waals surface area contributed by atoms with Crippen LogP contribution < -0.4 is 5.32 Å². The van der Waals surface area contributed by atoms with E-state index in [1.54, 1.807) is 0 Å². The highest BCUT2D eigenvalue weighted by Crippen LogP contribution is 2.38. The molecule has 112 valence electrons. The summed E-state index contributed by atoms with van der Waals surface area (Å²) < 4.78 is 0. The van der Waals surface area contributed by atoms with Gasteiger partial charge in [0.1, 0.15) is 0 Å². The standard InChI is InChI=1S/C17H34N2/c1-14(2)19(13-15-7-6-10-18-12-15)16-8-5-9-17(3,4)11-16/h14-16,18H,5-13H2,1-4H3. The number of hydrogen-bond donors (Lipinski definition) is 1. The van der Waals surface area contributed by atoms with Gasteiger partial charge in [-0.2, -0.15) is 0 Å². The van der Waals surface area contributed by atoms with Crippen molar-refractivity contribution in [3.05, 3.63) is 0 Å². The molecular weight excluding hydrogens is 232 g/mol. The molecule has 2 atom stereocenters. The van der Waals surface area contributed by atoms with E-state index in [1.807, 2.05) is 0 Å². The Labute approximate surface area is 120 Å². The maximum absolute atomic E-state index is 3.57. The molecule has 1 aliphatic heterocycles. The maximum Gasteiger partial charge on any atom is 0.0103 e. The fraction of sp³-hybridized carbons (Fsp3) is 1.00. The zero-order chi connectivity index (χ0) is 13.9. The summed E-state index contributed by atoms with van der Waals surface area (Å²) in [5.74, 6) is 0.876. The van der Waals surface area contributed by atoms with Gasteiger partial charge >= 0.3 is 0 Å². The van der Waals surface area contributed by atoms with E-state index in [0.717, 1.165) is 12.0 Å². The van der Waals surface area contributed by atoms with E-state index in [9.17, 15) is 0 Å². The van der Waals surface area contributed by atoms with Gasteiger partial charge in [0.25, 0.3) is 0 Å². The average Bonchev–Trinajstić information content (AvgIpc) is 2.35. The summed E-state index contributed by atoms with van der Waals surface area (Å²) in [6, 6.07) is 1.52. The minimum absolute atomic E-state index is 0.556. The number of nitrogens with one attached hydrogen (secondary N) is 1. The second-order valence-corrected chi connectivity index (χ2v) is 7.92. The third-order valence-electron chi connectivity index (χ3n) is 5.18. The SMILES string of the molecule is CC(C)N(CC1CCCNC1)C1CCCC(C)(C)C1. The van der Waals surface area contributed by atoms with Gasteiger partial charge in [0.2, 0.25) is 0 Å². The Morgan fingerprint density at radius 3 is 2.58 bits per heavy atom. The molecule has 2 unspecified atom stereocenters. The first kappa shape index (κ1) is 15.3. The first-order valence-electron chi connectivity index (χ1n) is 8.44. The minimum atomic E-state index is 0.556. The van der Waals surface area contributed by atoms with Gasteiger partial charge in [0.05, 0.1) is 0 Å². The molecule has 2 fully saturated rings. The molecule has 0 aromatic heterocycles. The molecule has 1 saturated heterocycles. The summed E-state index contributed by atoms with van der Waals surface area (Å²) in [6.07, 6.45) is 8.44. The van der Waals surface area contributed by atoms with E-state index in [0.29, 0.717) is 11.5 Å². The van der Waals surface area contributed by atoms with E-state index in [1.165, 1.54) is 58.2 Å². The normalized spacial score (nSPS) is 31.9. The Bertz CT molecular complexity index is 266. The number of nitrogens with zero attached hydrogens (tertiary/aromatic N) is 1. The second kappa shape index (κ2) is 6.58. The predicted molar refractivity (Wildman–Crippen MR) is 83.5 cm³/mol. The smallest absolute Gasteiger partial charge is 0.0103 e. The van der Waals surface area contributed by atoms with Gasteiger partial charge in [0, 0.05) is 18.6 Å². The van der Waals surface area contributed by atoms with Crippen LogP contribution in [0.15, 0.2) is 0 Å². The lowest BCUT2D eigenvalue weighted by Crippen LogP contribution is -2.48. The molecule has 1 heterocycles. The van der Waals surface area contributed by atoms with Gasteiger partial charge in [-0.3, -0.25) is 4.90 Å². The van der Waals surface area contributed by atoms with Crippen LogP contribution in [-0.2, 0) is 0 Å². The van der Waals surface area contributed by atoms with Crippen LogP contribution in [0.3, 0.4) is 0 Å². The van der Waals surface area contributed by atoms with Gasteiger partial charge in [-0.15, -0.1) is 0 Å². The van der Waals surface area contributed by atoms with Gasteiger partial charge in [-0.05, 0) is 70.4 Å². The molecule has 2 rings (SSSR count). The van der Waals surface area contributed by atoms with Crippen molar-refractivity contribution in [1.82, 2.24) is 10.2 Å². The van der Waals surface area contributed by atoms with Crippen molar-refractivity contribution >= 4 is 0 Å². The molecule has 1 aliphatic carbocycles. The molecular formula is C17H34N2. The van der Waals surface area contributed by atoms with Crippen LogP contribution >= 0.6 is 0 Å². The summed E-state index contributed by atoms with van der Waals surface area (Å²) in [5.41, 5.74) is 0.556.